The summed E-state index contributed by atoms with van der Waals surface area (Å²) in [5.41, 5.74) is 0.268. The molecule has 34 heavy (non-hydrogen) atoms. The van der Waals surface area contributed by atoms with Crippen LogP contribution in [-0.2, 0) is 11.3 Å². The van der Waals surface area contributed by atoms with Crippen LogP contribution < -0.4 is 10.6 Å². The van der Waals surface area contributed by atoms with Crippen LogP contribution in [-0.4, -0.2) is 37.3 Å². The summed E-state index contributed by atoms with van der Waals surface area (Å²) in [6.07, 6.45) is 1.62. The predicted molar refractivity (Wildman–Crippen MR) is 125 cm³/mol. The normalized spacial score (nSPS) is 11.5. The summed E-state index contributed by atoms with van der Waals surface area (Å²) in [6.45, 7) is 5.74. The summed E-state index contributed by atoms with van der Waals surface area (Å²) in [5, 5.41) is 24.8. The Bertz CT molecular complexity index is 1210. The molecule has 0 saturated carbocycles. The molecule has 0 saturated heterocycles. The first kappa shape index (κ1) is 24.6. The van der Waals surface area contributed by atoms with Crippen molar-refractivity contribution in [3.8, 4) is 0 Å². The number of hydrogen-bond donors (Lipinski definition) is 2. The zero-order chi connectivity index (χ0) is 24.7. The molecule has 0 fully saturated rings. The lowest BCUT2D eigenvalue weighted by Crippen LogP contribution is -2.29. The second kappa shape index (κ2) is 11.2. The maximum atomic E-state index is 13.9. The number of nitro groups is 1. The Hall–Kier alpha value is -4.06. The van der Waals surface area contributed by atoms with E-state index < -0.39 is 22.7 Å². The van der Waals surface area contributed by atoms with Crippen molar-refractivity contribution in [2.45, 2.75) is 24.7 Å². The third kappa shape index (κ3) is 6.04. The Kier molecular flexibility index (Phi) is 8.09. The first-order valence-corrected chi connectivity index (χ1v) is 11.0. The van der Waals surface area contributed by atoms with Gasteiger partial charge in [0.25, 0.3) is 11.6 Å². The summed E-state index contributed by atoms with van der Waals surface area (Å²) in [5.74, 6) is -1.13. The molecular formula is C22H21FN6O4S. The number of thioether (sulfide) groups is 1. The number of allylic oxidation sites excluding steroid dienone is 1. The minimum atomic E-state index is -0.630. The van der Waals surface area contributed by atoms with Gasteiger partial charge >= 0.3 is 0 Å². The van der Waals surface area contributed by atoms with Crippen molar-refractivity contribution >= 4 is 35.0 Å². The van der Waals surface area contributed by atoms with Crippen LogP contribution in [0.2, 0.25) is 0 Å². The van der Waals surface area contributed by atoms with E-state index in [-0.39, 0.29) is 22.9 Å². The number of hydrogen-bond acceptors (Lipinski definition) is 7. The van der Waals surface area contributed by atoms with Gasteiger partial charge in [-0.25, -0.2) is 4.39 Å². The smallest absolute Gasteiger partial charge is 0.269 e. The van der Waals surface area contributed by atoms with E-state index in [4.69, 9.17) is 0 Å². The number of rotatable bonds is 10. The highest BCUT2D eigenvalue weighted by atomic mass is 32.2. The molecule has 2 amide bonds. The first-order valence-electron chi connectivity index (χ1n) is 10.1. The summed E-state index contributed by atoms with van der Waals surface area (Å²) < 4.78 is 15.6. The number of carbonyl (C=O) groups is 2. The molecule has 1 heterocycles. The van der Waals surface area contributed by atoms with Crippen molar-refractivity contribution in [1.82, 2.24) is 20.1 Å². The fraction of sp³-hybridized carbons (Fsp3) is 0.182. The van der Waals surface area contributed by atoms with E-state index in [9.17, 15) is 24.1 Å². The highest BCUT2D eigenvalue weighted by Gasteiger charge is 2.21. The van der Waals surface area contributed by atoms with Gasteiger partial charge in [0.05, 0.1) is 22.3 Å². The highest BCUT2D eigenvalue weighted by molar-refractivity contribution is 7.99. The number of benzene rings is 2. The maximum Gasteiger partial charge on any atom is 0.269 e. The van der Waals surface area contributed by atoms with Crippen LogP contribution in [0.4, 0.5) is 15.8 Å². The van der Waals surface area contributed by atoms with Gasteiger partial charge in [-0.2, -0.15) is 0 Å². The molecule has 1 atom stereocenters. The Morgan fingerprint density at radius 3 is 2.59 bits per heavy atom. The average Bonchev–Trinajstić information content (AvgIpc) is 3.21. The highest BCUT2D eigenvalue weighted by Crippen LogP contribution is 2.22. The second-order valence-electron chi connectivity index (χ2n) is 7.06. The number of nitrogens with one attached hydrogen (secondary N) is 2. The van der Waals surface area contributed by atoms with Gasteiger partial charge in [0, 0.05) is 24.4 Å². The molecule has 0 radical (unpaired) electrons. The third-order valence-electron chi connectivity index (χ3n) is 4.60. The van der Waals surface area contributed by atoms with E-state index >= 15 is 0 Å². The van der Waals surface area contributed by atoms with Crippen LogP contribution >= 0.6 is 11.8 Å². The topological polar surface area (TPSA) is 132 Å². The molecule has 1 aromatic heterocycles. The summed E-state index contributed by atoms with van der Waals surface area (Å²) >= 11 is 1.13. The van der Waals surface area contributed by atoms with Gasteiger partial charge in [-0.15, -0.1) is 16.8 Å². The van der Waals surface area contributed by atoms with Crippen molar-refractivity contribution < 1.29 is 18.9 Å². The van der Waals surface area contributed by atoms with Crippen molar-refractivity contribution in [3.63, 3.8) is 0 Å². The molecule has 3 rings (SSSR count). The summed E-state index contributed by atoms with van der Waals surface area (Å²) in [7, 11) is 0. The summed E-state index contributed by atoms with van der Waals surface area (Å²) in [6, 6.07) is 10.5. The number of nitro benzene ring substituents is 1. The van der Waals surface area contributed by atoms with E-state index in [1.807, 2.05) is 0 Å². The lowest BCUT2D eigenvalue weighted by Gasteiger charge is -2.15. The number of halogens is 1. The van der Waals surface area contributed by atoms with E-state index in [1.165, 1.54) is 42.5 Å². The number of nitrogens with zero attached hydrogens (tertiary/aromatic N) is 4. The number of aromatic nitrogens is 3. The Balaban J connectivity index is 1.65. The lowest BCUT2D eigenvalue weighted by atomic mass is 10.2. The van der Waals surface area contributed by atoms with Crippen molar-refractivity contribution in [3.05, 3.63) is 88.5 Å². The molecule has 0 aliphatic heterocycles. The molecule has 0 aliphatic carbocycles. The van der Waals surface area contributed by atoms with Crippen LogP contribution in [0.1, 0.15) is 29.1 Å². The maximum absolute atomic E-state index is 13.9. The van der Waals surface area contributed by atoms with Crippen molar-refractivity contribution in [2.75, 3.05) is 11.1 Å². The third-order valence-corrected chi connectivity index (χ3v) is 5.57. The molecule has 0 bridgehead atoms. The van der Waals surface area contributed by atoms with Gasteiger partial charge in [-0.1, -0.05) is 30.0 Å². The summed E-state index contributed by atoms with van der Waals surface area (Å²) in [4.78, 5) is 35.0. The van der Waals surface area contributed by atoms with Gasteiger partial charge in [0.2, 0.25) is 5.91 Å². The van der Waals surface area contributed by atoms with Crippen molar-refractivity contribution in [1.29, 1.82) is 0 Å². The van der Waals surface area contributed by atoms with Crippen LogP contribution in [0.25, 0.3) is 0 Å². The Labute approximate surface area is 198 Å². The molecule has 0 spiro atoms. The van der Waals surface area contributed by atoms with E-state index in [0.29, 0.717) is 23.2 Å². The Morgan fingerprint density at radius 1 is 1.24 bits per heavy atom. The second-order valence-corrected chi connectivity index (χ2v) is 8.00. The van der Waals surface area contributed by atoms with Gasteiger partial charge in [-0.05, 0) is 31.2 Å². The zero-order valence-corrected chi connectivity index (χ0v) is 18.9. The van der Waals surface area contributed by atoms with Crippen LogP contribution in [0.5, 0.6) is 0 Å². The fourth-order valence-corrected chi connectivity index (χ4v) is 3.76. The molecule has 176 valence electrons. The van der Waals surface area contributed by atoms with Crippen LogP contribution in [0, 0.1) is 15.9 Å². The monoisotopic (exact) mass is 484 g/mol. The standard InChI is InChI=1S/C22H21FN6O4S/c1-3-12-28-20(14(2)24-21(31)17-6-4-5-7-18(17)23)26-27-22(28)34-13-19(30)25-15-8-10-16(11-9-15)29(32)33/h3-11,14H,1,12-13H2,2H3,(H,24,31)(H,25,30)/t14-/m0/s1. The van der Waals surface area contributed by atoms with E-state index in [0.717, 1.165) is 11.8 Å². The largest absolute Gasteiger partial charge is 0.342 e. The van der Waals surface area contributed by atoms with Gasteiger partial charge < -0.3 is 15.2 Å². The number of carbonyl (C=O) groups excluding carboxylic acids is 2. The molecule has 2 aromatic carbocycles. The molecule has 2 N–H and O–H groups in total. The molecule has 3 aromatic rings. The SMILES string of the molecule is C=CCn1c(SCC(=O)Nc2ccc([N+](=O)[O-])cc2)nnc1[C@H](C)NC(=O)c1ccccc1F. The molecule has 0 unspecified atom stereocenters. The Morgan fingerprint density at radius 2 is 1.94 bits per heavy atom. The average molecular weight is 485 g/mol. The minimum absolute atomic E-state index is 0.00221. The minimum Gasteiger partial charge on any atom is -0.342 e. The van der Waals surface area contributed by atoms with Crippen molar-refractivity contribution in [2.24, 2.45) is 0 Å². The van der Waals surface area contributed by atoms with Crippen LogP contribution in [0.15, 0.2) is 66.3 Å². The molecule has 12 heteroatoms. The van der Waals surface area contributed by atoms with Gasteiger partial charge in [-0.3, -0.25) is 19.7 Å². The van der Waals surface area contributed by atoms with Gasteiger partial charge in [0.15, 0.2) is 11.0 Å². The molecular weight excluding hydrogens is 463 g/mol. The van der Waals surface area contributed by atoms with E-state index in [1.54, 1.807) is 23.6 Å². The first-order chi connectivity index (χ1) is 16.3. The quantitative estimate of drug-likeness (QED) is 0.194. The number of amides is 2. The predicted octanol–water partition coefficient (Wildman–Crippen LogP) is 3.73. The number of anilines is 1. The number of non-ortho nitro benzene ring substituents is 1. The fourth-order valence-electron chi connectivity index (χ4n) is 3.01. The molecule has 0 aliphatic rings. The van der Waals surface area contributed by atoms with Crippen LogP contribution in [0.3, 0.4) is 0 Å². The molecule has 10 nitrogen and oxygen atoms in total. The van der Waals surface area contributed by atoms with Gasteiger partial charge in [0.1, 0.15) is 5.82 Å². The zero-order valence-electron chi connectivity index (χ0n) is 18.1. The van der Waals surface area contributed by atoms with E-state index in [2.05, 4.69) is 27.4 Å². The lowest BCUT2D eigenvalue weighted by molar-refractivity contribution is -0.384.